The Kier molecular flexibility index (Phi) is 7.27. The van der Waals surface area contributed by atoms with E-state index in [9.17, 15) is 4.79 Å². The lowest BCUT2D eigenvalue weighted by Gasteiger charge is -2.10. The van der Waals surface area contributed by atoms with Gasteiger partial charge < -0.3 is 26.2 Å². The standard InChI is InChI=1S/C12H22N4O3S/c1-8(3-5-17)7-15-11(18)9-10(13)16-12(20-9)14-4-6-19-2/h8,17H,3-7,13H2,1-2H3,(H,14,16)(H,15,18). The number of thiazole rings is 1. The van der Waals surface area contributed by atoms with Crippen LogP contribution in [0.5, 0.6) is 0 Å². The summed E-state index contributed by atoms with van der Waals surface area (Å²) in [5, 5.41) is 15.2. The summed E-state index contributed by atoms with van der Waals surface area (Å²) in [6.07, 6.45) is 0.655. The smallest absolute Gasteiger partial charge is 0.265 e. The molecule has 1 aromatic rings. The molecule has 0 aromatic carbocycles. The third-order valence-electron chi connectivity index (χ3n) is 2.67. The van der Waals surface area contributed by atoms with Gasteiger partial charge in [-0.25, -0.2) is 4.98 Å². The second kappa shape index (κ2) is 8.72. The number of anilines is 2. The predicted octanol–water partition coefficient (Wildman–Crippen LogP) is 0.532. The predicted molar refractivity (Wildman–Crippen MR) is 80.1 cm³/mol. The summed E-state index contributed by atoms with van der Waals surface area (Å²) >= 11 is 1.22. The van der Waals surface area contributed by atoms with Crippen molar-refractivity contribution < 1.29 is 14.6 Å². The highest BCUT2D eigenvalue weighted by Gasteiger charge is 2.16. The van der Waals surface area contributed by atoms with Crippen LogP contribution in [0.25, 0.3) is 0 Å². The summed E-state index contributed by atoms with van der Waals surface area (Å²) in [5.41, 5.74) is 5.74. The molecule has 1 rings (SSSR count). The van der Waals surface area contributed by atoms with Crippen molar-refractivity contribution in [2.24, 2.45) is 5.92 Å². The highest BCUT2D eigenvalue weighted by molar-refractivity contribution is 7.18. The van der Waals surface area contributed by atoms with Crippen molar-refractivity contribution in [3.8, 4) is 0 Å². The number of carbonyl (C=O) groups is 1. The first-order valence-corrected chi connectivity index (χ1v) is 7.28. The Bertz CT molecular complexity index is 425. The number of carbonyl (C=O) groups excluding carboxylic acids is 1. The molecule has 0 aliphatic rings. The van der Waals surface area contributed by atoms with E-state index in [0.717, 1.165) is 0 Å². The zero-order valence-corrected chi connectivity index (χ0v) is 12.6. The van der Waals surface area contributed by atoms with Gasteiger partial charge in [0.2, 0.25) is 0 Å². The van der Waals surface area contributed by atoms with E-state index in [4.69, 9.17) is 15.6 Å². The Morgan fingerprint density at radius 2 is 2.35 bits per heavy atom. The van der Waals surface area contributed by atoms with Gasteiger partial charge in [0.25, 0.3) is 5.91 Å². The van der Waals surface area contributed by atoms with Crippen LogP contribution >= 0.6 is 11.3 Å². The molecule has 1 unspecified atom stereocenters. The summed E-state index contributed by atoms with van der Waals surface area (Å²) in [6, 6.07) is 0. The van der Waals surface area contributed by atoms with Crippen LogP contribution in [0.2, 0.25) is 0 Å². The van der Waals surface area contributed by atoms with Crippen molar-refractivity contribution in [2.45, 2.75) is 13.3 Å². The van der Waals surface area contributed by atoms with Crippen molar-refractivity contribution >= 4 is 28.2 Å². The van der Waals surface area contributed by atoms with Crippen molar-refractivity contribution in [2.75, 3.05) is 44.5 Å². The second-order valence-electron chi connectivity index (χ2n) is 4.48. The summed E-state index contributed by atoms with van der Waals surface area (Å²) < 4.78 is 4.92. The van der Waals surface area contributed by atoms with E-state index >= 15 is 0 Å². The zero-order chi connectivity index (χ0) is 15.0. The number of aliphatic hydroxyl groups is 1. The van der Waals surface area contributed by atoms with Gasteiger partial charge in [-0.2, -0.15) is 0 Å². The Morgan fingerprint density at radius 1 is 1.60 bits per heavy atom. The number of nitrogens with one attached hydrogen (secondary N) is 2. The number of aliphatic hydroxyl groups excluding tert-OH is 1. The number of hydrogen-bond acceptors (Lipinski definition) is 7. The monoisotopic (exact) mass is 302 g/mol. The highest BCUT2D eigenvalue weighted by atomic mass is 32.1. The largest absolute Gasteiger partial charge is 0.396 e. The fourth-order valence-corrected chi connectivity index (χ4v) is 2.33. The number of ether oxygens (including phenoxy) is 1. The Morgan fingerprint density at radius 3 is 3.00 bits per heavy atom. The Balaban J connectivity index is 2.51. The average Bonchev–Trinajstić information content (AvgIpc) is 2.78. The SMILES string of the molecule is COCCNc1nc(N)c(C(=O)NCC(C)CCO)s1. The summed E-state index contributed by atoms with van der Waals surface area (Å²) in [6.45, 7) is 3.75. The quantitative estimate of drug-likeness (QED) is 0.495. The molecule has 0 spiro atoms. The number of nitrogens with zero attached hydrogens (tertiary/aromatic N) is 1. The van der Waals surface area contributed by atoms with E-state index in [-0.39, 0.29) is 24.2 Å². The normalized spacial score (nSPS) is 12.2. The number of nitrogens with two attached hydrogens (primary N) is 1. The minimum absolute atomic E-state index is 0.118. The molecule has 8 heteroatoms. The summed E-state index contributed by atoms with van der Waals surface area (Å²) in [4.78, 5) is 16.5. The first kappa shape index (κ1) is 16.7. The first-order chi connectivity index (χ1) is 9.58. The number of rotatable bonds is 9. The van der Waals surface area contributed by atoms with E-state index in [0.29, 0.717) is 36.1 Å². The fraction of sp³-hybridized carbons (Fsp3) is 0.667. The van der Waals surface area contributed by atoms with Crippen molar-refractivity contribution in [1.82, 2.24) is 10.3 Å². The number of hydrogen-bond donors (Lipinski definition) is 4. The highest BCUT2D eigenvalue weighted by Crippen LogP contribution is 2.24. The van der Waals surface area contributed by atoms with Crippen LogP contribution in [0, 0.1) is 5.92 Å². The molecule has 0 aliphatic carbocycles. The van der Waals surface area contributed by atoms with E-state index in [1.54, 1.807) is 7.11 Å². The van der Waals surface area contributed by atoms with E-state index in [1.165, 1.54) is 11.3 Å². The molecule has 1 atom stereocenters. The molecule has 114 valence electrons. The van der Waals surface area contributed by atoms with Crippen molar-refractivity contribution in [3.05, 3.63) is 4.88 Å². The molecule has 0 fully saturated rings. The lowest BCUT2D eigenvalue weighted by molar-refractivity contribution is 0.0950. The first-order valence-electron chi connectivity index (χ1n) is 6.46. The molecule has 1 heterocycles. The number of methoxy groups -OCH3 is 1. The fourth-order valence-electron chi connectivity index (χ4n) is 1.50. The molecular formula is C12H22N4O3S. The molecule has 0 bridgehead atoms. The van der Waals surface area contributed by atoms with Gasteiger partial charge in [0, 0.05) is 26.8 Å². The Hall–Kier alpha value is -1.38. The van der Waals surface area contributed by atoms with E-state index < -0.39 is 0 Å². The van der Waals surface area contributed by atoms with Crippen LogP contribution in [0.1, 0.15) is 23.0 Å². The van der Waals surface area contributed by atoms with Crippen LogP contribution < -0.4 is 16.4 Å². The molecule has 20 heavy (non-hydrogen) atoms. The maximum absolute atomic E-state index is 12.0. The van der Waals surface area contributed by atoms with Gasteiger partial charge in [0.1, 0.15) is 10.7 Å². The maximum Gasteiger partial charge on any atom is 0.265 e. The molecule has 0 aliphatic heterocycles. The molecular weight excluding hydrogens is 280 g/mol. The molecule has 5 N–H and O–H groups in total. The van der Waals surface area contributed by atoms with E-state index in [2.05, 4.69) is 15.6 Å². The van der Waals surface area contributed by atoms with Gasteiger partial charge in [-0.05, 0) is 12.3 Å². The molecule has 0 saturated heterocycles. The van der Waals surface area contributed by atoms with Gasteiger partial charge >= 0.3 is 0 Å². The molecule has 1 amide bonds. The van der Waals surface area contributed by atoms with Gasteiger partial charge in [0.15, 0.2) is 5.13 Å². The Labute approximate surface area is 122 Å². The van der Waals surface area contributed by atoms with Crippen LogP contribution in [0.4, 0.5) is 10.9 Å². The van der Waals surface area contributed by atoms with Gasteiger partial charge in [-0.3, -0.25) is 4.79 Å². The van der Waals surface area contributed by atoms with Crippen molar-refractivity contribution in [1.29, 1.82) is 0 Å². The molecule has 7 nitrogen and oxygen atoms in total. The lowest BCUT2D eigenvalue weighted by atomic mass is 10.1. The van der Waals surface area contributed by atoms with E-state index in [1.807, 2.05) is 6.92 Å². The van der Waals surface area contributed by atoms with Crippen LogP contribution in [0.15, 0.2) is 0 Å². The van der Waals surface area contributed by atoms with Crippen LogP contribution in [-0.4, -0.2) is 49.4 Å². The molecule has 0 saturated carbocycles. The second-order valence-corrected chi connectivity index (χ2v) is 5.48. The average molecular weight is 302 g/mol. The number of amides is 1. The minimum atomic E-state index is -0.232. The van der Waals surface area contributed by atoms with Gasteiger partial charge in [-0.1, -0.05) is 18.3 Å². The molecule has 0 radical (unpaired) electrons. The minimum Gasteiger partial charge on any atom is -0.396 e. The zero-order valence-electron chi connectivity index (χ0n) is 11.8. The van der Waals surface area contributed by atoms with Gasteiger partial charge in [-0.15, -0.1) is 0 Å². The lowest BCUT2D eigenvalue weighted by Crippen LogP contribution is -2.28. The summed E-state index contributed by atoms with van der Waals surface area (Å²) in [7, 11) is 1.62. The maximum atomic E-state index is 12.0. The van der Waals surface area contributed by atoms with Crippen LogP contribution in [-0.2, 0) is 4.74 Å². The third-order valence-corrected chi connectivity index (χ3v) is 3.70. The van der Waals surface area contributed by atoms with Gasteiger partial charge in [0.05, 0.1) is 6.61 Å². The number of aromatic nitrogens is 1. The molecule has 1 aromatic heterocycles. The van der Waals surface area contributed by atoms with Crippen LogP contribution in [0.3, 0.4) is 0 Å². The topological polar surface area (TPSA) is 110 Å². The third kappa shape index (κ3) is 5.32. The summed E-state index contributed by atoms with van der Waals surface area (Å²) in [5.74, 6) is 0.212. The van der Waals surface area contributed by atoms with Crippen molar-refractivity contribution in [3.63, 3.8) is 0 Å². The number of nitrogen functional groups attached to an aromatic ring is 1.